The third-order valence-corrected chi connectivity index (χ3v) is 4.70. The van der Waals surface area contributed by atoms with E-state index in [2.05, 4.69) is 19.6 Å². The Bertz CT molecular complexity index is 466. The highest BCUT2D eigenvalue weighted by atomic mass is 28.3. The van der Waals surface area contributed by atoms with Crippen molar-refractivity contribution >= 4 is 14.0 Å². The first kappa shape index (κ1) is 20.7. The molecule has 1 rings (SSSR count). The van der Waals surface area contributed by atoms with E-state index in [1.165, 1.54) is 0 Å². The molecule has 0 fully saturated rings. The van der Waals surface area contributed by atoms with Crippen LogP contribution in [0.5, 0.6) is 5.75 Å². The zero-order chi connectivity index (χ0) is 15.9. The molecule has 0 atom stereocenters. The Balaban J connectivity index is 0.00000441. The van der Waals surface area contributed by atoms with Crippen LogP contribution in [-0.2, 0) is 9.47 Å². The Hall–Kier alpha value is -1.33. The second kappa shape index (κ2) is 9.64. The maximum absolute atomic E-state index is 11.7. The van der Waals surface area contributed by atoms with E-state index in [9.17, 15) is 4.79 Å². The van der Waals surface area contributed by atoms with Gasteiger partial charge < -0.3 is 14.2 Å². The normalized spacial score (nSPS) is 10.8. The summed E-state index contributed by atoms with van der Waals surface area (Å²) in [7, 11) is -1.07. The van der Waals surface area contributed by atoms with Gasteiger partial charge in [-0.25, -0.2) is 4.79 Å². The molecule has 0 aromatic heterocycles. The van der Waals surface area contributed by atoms with Crippen molar-refractivity contribution < 1.29 is 19.0 Å². The molecular formula is C17H30O4Si. The molecule has 0 spiro atoms. The first-order valence-electron chi connectivity index (χ1n) is 7.32. The number of carbonyl (C=O) groups excluding carboxylic acids is 1. The van der Waals surface area contributed by atoms with Gasteiger partial charge in [0.2, 0.25) is 0 Å². The second-order valence-corrected chi connectivity index (χ2v) is 11.8. The summed E-state index contributed by atoms with van der Waals surface area (Å²) in [6, 6.07) is 6.41. The van der Waals surface area contributed by atoms with Gasteiger partial charge in [-0.15, -0.1) is 0 Å². The van der Waals surface area contributed by atoms with Crippen molar-refractivity contribution in [2.24, 2.45) is 0 Å². The molecule has 0 N–H and O–H groups in total. The van der Waals surface area contributed by atoms with Crippen molar-refractivity contribution in [3.05, 3.63) is 29.3 Å². The summed E-state index contributed by atoms with van der Waals surface area (Å²) in [6.45, 7) is 11.9. The molecule has 0 aliphatic carbocycles. The van der Waals surface area contributed by atoms with Crippen LogP contribution in [0, 0.1) is 6.92 Å². The van der Waals surface area contributed by atoms with Gasteiger partial charge in [0.05, 0.1) is 12.2 Å². The van der Waals surface area contributed by atoms with E-state index in [0.717, 1.165) is 11.6 Å². The molecule has 126 valence electrons. The molecular weight excluding hydrogens is 296 g/mol. The molecule has 0 saturated carbocycles. The average molecular weight is 327 g/mol. The molecule has 0 aliphatic heterocycles. The van der Waals surface area contributed by atoms with E-state index < -0.39 is 8.07 Å². The van der Waals surface area contributed by atoms with Crippen LogP contribution in [0.1, 0.15) is 30.3 Å². The number of hydrogen-bond donors (Lipinski definition) is 0. The molecule has 0 saturated heterocycles. The van der Waals surface area contributed by atoms with Crippen molar-refractivity contribution in [2.75, 3.05) is 20.0 Å². The molecule has 0 heterocycles. The number of ether oxygens (including phenoxy) is 3. The molecule has 0 aliphatic rings. The van der Waals surface area contributed by atoms with Gasteiger partial charge in [-0.1, -0.05) is 33.1 Å². The summed E-state index contributed by atoms with van der Waals surface area (Å²) >= 11 is 0. The minimum absolute atomic E-state index is 0. The monoisotopic (exact) mass is 326 g/mol. The Labute approximate surface area is 135 Å². The lowest BCUT2D eigenvalue weighted by atomic mass is 10.1. The molecule has 1 aromatic carbocycles. The third-order valence-electron chi connectivity index (χ3n) is 2.99. The zero-order valence-electron chi connectivity index (χ0n) is 13.7. The van der Waals surface area contributed by atoms with Crippen molar-refractivity contribution in [1.29, 1.82) is 0 Å². The van der Waals surface area contributed by atoms with E-state index in [1.54, 1.807) is 19.1 Å². The number of benzene rings is 1. The Kier molecular flexibility index (Phi) is 9.05. The smallest absolute Gasteiger partial charge is 0.338 e. The lowest BCUT2D eigenvalue weighted by molar-refractivity contribution is 0.0214. The van der Waals surface area contributed by atoms with Crippen LogP contribution in [0.15, 0.2) is 18.2 Å². The number of aryl methyl sites for hydroxylation is 1. The summed E-state index contributed by atoms with van der Waals surface area (Å²) in [6.07, 6.45) is 0. The van der Waals surface area contributed by atoms with Crippen LogP contribution < -0.4 is 4.74 Å². The summed E-state index contributed by atoms with van der Waals surface area (Å²) in [4.78, 5) is 11.7. The first-order chi connectivity index (χ1) is 9.83. The Morgan fingerprint density at radius 3 is 2.50 bits per heavy atom. The molecule has 0 amide bonds. The second-order valence-electron chi connectivity index (χ2n) is 6.18. The molecule has 22 heavy (non-hydrogen) atoms. The quantitative estimate of drug-likeness (QED) is 0.305. The van der Waals surface area contributed by atoms with E-state index >= 15 is 0 Å². The molecule has 0 radical (unpaired) electrons. The van der Waals surface area contributed by atoms with Gasteiger partial charge in [-0.2, -0.15) is 0 Å². The lowest BCUT2D eigenvalue weighted by Crippen LogP contribution is -2.22. The average Bonchev–Trinajstić information content (AvgIpc) is 2.39. The summed E-state index contributed by atoms with van der Waals surface area (Å²) in [5.74, 6) is 0.329. The van der Waals surface area contributed by atoms with Crippen LogP contribution in [0.4, 0.5) is 0 Å². The van der Waals surface area contributed by atoms with Crippen molar-refractivity contribution in [1.82, 2.24) is 0 Å². The van der Waals surface area contributed by atoms with Crippen LogP contribution in [0.2, 0.25) is 25.7 Å². The van der Waals surface area contributed by atoms with Crippen molar-refractivity contribution in [2.45, 2.75) is 47.0 Å². The fourth-order valence-electron chi connectivity index (χ4n) is 1.64. The molecule has 1 aromatic rings. The van der Waals surface area contributed by atoms with Gasteiger partial charge in [0.25, 0.3) is 0 Å². The number of carbonyl (C=O) groups is 1. The van der Waals surface area contributed by atoms with Gasteiger partial charge in [0, 0.05) is 14.7 Å². The highest BCUT2D eigenvalue weighted by Gasteiger charge is 2.12. The minimum Gasteiger partial charge on any atom is -0.467 e. The SMILES string of the molecule is C.CCOC(=O)c1ccc(C)c(OCOCC[Si](C)(C)C)c1. The van der Waals surface area contributed by atoms with Crippen LogP contribution in [0.25, 0.3) is 0 Å². The minimum atomic E-state index is -1.07. The predicted molar refractivity (Wildman–Crippen MR) is 93.5 cm³/mol. The standard InChI is InChI=1S/C16H26O4Si.CH4/c1-6-19-16(17)14-8-7-13(2)15(11-14)20-12-18-9-10-21(3,4)5;/h7-8,11H,6,9-10,12H2,1-5H3;1H4. The van der Waals surface area contributed by atoms with Crippen LogP contribution in [0.3, 0.4) is 0 Å². The number of hydrogen-bond acceptors (Lipinski definition) is 4. The summed E-state index contributed by atoms with van der Waals surface area (Å²) in [5, 5.41) is 0. The molecule has 0 unspecified atom stereocenters. The van der Waals surface area contributed by atoms with E-state index in [0.29, 0.717) is 24.5 Å². The van der Waals surface area contributed by atoms with E-state index in [1.807, 2.05) is 13.0 Å². The maximum Gasteiger partial charge on any atom is 0.338 e. The number of esters is 1. The highest BCUT2D eigenvalue weighted by molar-refractivity contribution is 6.76. The predicted octanol–water partition coefficient (Wildman–Crippen LogP) is 4.50. The van der Waals surface area contributed by atoms with Crippen LogP contribution in [-0.4, -0.2) is 34.0 Å². The molecule has 4 nitrogen and oxygen atoms in total. The van der Waals surface area contributed by atoms with Gasteiger partial charge in [-0.3, -0.25) is 0 Å². The number of rotatable bonds is 8. The fourth-order valence-corrected chi connectivity index (χ4v) is 2.40. The van der Waals surface area contributed by atoms with E-state index in [4.69, 9.17) is 14.2 Å². The van der Waals surface area contributed by atoms with Crippen LogP contribution >= 0.6 is 0 Å². The largest absolute Gasteiger partial charge is 0.467 e. The third kappa shape index (κ3) is 7.61. The molecule has 0 bridgehead atoms. The van der Waals surface area contributed by atoms with E-state index in [-0.39, 0.29) is 20.2 Å². The highest BCUT2D eigenvalue weighted by Crippen LogP contribution is 2.20. The summed E-state index contributed by atoms with van der Waals surface area (Å²) < 4.78 is 16.1. The first-order valence-corrected chi connectivity index (χ1v) is 11.0. The van der Waals surface area contributed by atoms with Gasteiger partial charge in [0.15, 0.2) is 6.79 Å². The fraction of sp³-hybridized carbons (Fsp3) is 0.588. The topological polar surface area (TPSA) is 44.8 Å². The lowest BCUT2D eigenvalue weighted by Gasteiger charge is -2.16. The van der Waals surface area contributed by atoms with Gasteiger partial charge >= 0.3 is 5.97 Å². The Morgan fingerprint density at radius 2 is 1.91 bits per heavy atom. The van der Waals surface area contributed by atoms with Gasteiger partial charge in [-0.05, 0) is 37.6 Å². The van der Waals surface area contributed by atoms with Gasteiger partial charge in [0.1, 0.15) is 5.75 Å². The summed E-state index contributed by atoms with van der Waals surface area (Å²) in [5.41, 5.74) is 1.47. The van der Waals surface area contributed by atoms with Crippen molar-refractivity contribution in [3.8, 4) is 5.75 Å². The molecule has 5 heteroatoms. The zero-order valence-corrected chi connectivity index (χ0v) is 14.7. The Morgan fingerprint density at radius 1 is 1.23 bits per heavy atom. The van der Waals surface area contributed by atoms with Crippen molar-refractivity contribution in [3.63, 3.8) is 0 Å². The maximum atomic E-state index is 11.7.